The third-order valence-electron chi connectivity index (χ3n) is 6.89. The van der Waals surface area contributed by atoms with Crippen molar-refractivity contribution in [3.63, 3.8) is 0 Å². The van der Waals surface area contributed by atoms with Gasteiger partial charge in [-0.05, 0) is 51.4 Å². The Balaban J connectivity index is 4.43. The van der Waals surface area contributed by atoms with E-state index in [2.05, 4.69) is 43.4 Å². The van der Waals surface area contributed by atoms with E-state index in [1.165, 1.54) is 0 Å². The van der Waals surface area contributed by atoms with E-state index in [-0.39, 0.29) is 26.1 Å². The monoisotopic (exact) mass is 671 g/mol. The molecule has 0 aliphatic rings. The number of phosphoric ester groups is 1. The van der Waals surface area contributed by atoms with Gasteiger partial charge in [0, 0.05) is 19.3 Å². The standard InChI is InChI=1S/C35H62NO9P/c1-5-6-7-8-9-10-11-12-13-14-15-16-17-20-23-26-34(38)42-31-33(32-44-46(40,41)43-30-28-36(2,3)4)45-35(39)27-24-21-18-19-22-25-29-37/h6-7,9-10,12-13,29,33H,5,8,11,14-28,30-32H2,1-4H3/b7-6-,10-9-,13-12-/t33-/m1/s1. The summed E-state index contributed by atoms with van der Waals surface area (Å²) in [5.41, 5.74) is 0. The van der Waals surface area contributed by atoms with Gasteiger partial charge in [-0.2, -0.15) is 0 Å². The normalized spacial score (nSPS) is 14.2. The molecular weight excluding hydrogens is 609 g/mol. The topological polar surface area (TPSA) is 128 Å². The van der Waals surface area contributed by atoms with Crippen LogP contribution in [0.4, 0.5) is 0 Å². The molecule has 46 heavy (non-hydrogen) atoms. The molecule has 0 bridgehead atoms. The zero-order valence-electron chi connectivity index (χ0n) is 29.0. The van der Waals surface area contributed by atoms with Crippen LogP contribution in [0.3, 0.4) is 0 Å². The molecule has 11 heteroatoms. The van der Waals surface area contributed by atoms with Gasteiger partial charge >= 0.3 is 11.9 Å². The minimum Gasteiger partial charge on any atom is -0.756 e. The van der Waals surface area contributed by atoms with Crippen molar-refractivity contribution < 1.29 is 46.8 Å². The van der Waals surface area contributed by atoms with Gasteiger partial charge in [-0.3, -0.25) is 14.2 Å². The molecule has 1 unspecified atom stereocenters. The van der Waals surface area contributed by atoms with Crippen molar-refractivity contribution in [1.29, 1.82) is 0 Å². The van der Waals surface area contributed by atoms with Gasteiger partial charge in [-0.15, -0.1) is 0 Å². The number of unbranched alkanes of at least 4 members (excludes halogenated alkanes) is 10. The number of hydrogen-bond donors (Lipinski definition) is 0. The number of carbonyl (C=O) groups is 3. The first-order valence-corrected chi connectivity index (χ1v) is 18.6. The highest BCUT2D eigenvalue weighted by Crippen LogP contribution is 2.38. The lowest BCUT2D eigenvalue weighted by molar-refractivity contribution is -0.870. The number of carbonyl (C=O) groups excluding carboxylic acids is 3. The van der Waals surface area contributed by atoms with Crippen LogP contribution in [-0.2, 0) is 37.5 Å². The van der Waals surface area contributed by atoms with E-state index in [0.29, 0.717) is 30.3 Å². The van der Waals surface area contributed by atoms with Crippen LogP contribution in [-0.4, -0.2) is 76.3 Å². The summed E-state index contributed by atoms with van der Waals surface area (Å²) in [5, 5.41) is 0. The molecule has 10 nitrogen and oxygen atoms in total. The first-order chi connectivity index (χ1) is 22.0. The molecule has 0 saturated carbocycles. The maximum atomic E-state index is 12.4. The third-order valence-corrected chi connectivity index (χ3v) is 7.86. The average Bonchev–Trinajstić information content (AvgIpc) is 2.99. The average molecular weight is 672 g/mol. The van der Waals surface area contributed by atoms with E-state index in [1.54, 1.807) is 0 Å². The summed E-state index contributed by atoms with van der Waals surface area (Å²) in [4.78, 5) is 47.4. The molecule has 0 saturated heterocycles. The predicted molar refractivity (Wildman–Crippen MR) is 181 cm³/mol. The van der Waals surface area contributed by atoms with Crippen LogP contribution >= 0.6 is 7.82 Å². The fourth-order valence-corrected chi connectivity index (χ4v) is 4.90. The van der Waals surface area contributed by atoms with Crippen LogP contribution in [0.5, 0.6) is 0 Å². The van der Waals surface area contributed by atoms with Crippen LogP contribution in [0.25, 0.3) is 0 Å². The van der Waals surface area contributed by atoms with E-state index < -0.39 is 32.5 Å². The Kier molecular flexibility index (Phi) is 27.7. The molecule has 0 aromatic rings. The summed E-state index contributed by atoms with van der Waals surface area (Å²) in [6, 6.07) is 0. The second-order valence-corrected chi connectivity index (χ2v) is 13.9. The van der Waals surface area contributed by atoms with Gasteiger partial charge in [-0.1, -0.05) is 81.9 Å². The van der Waals surface area contributed by atoms with E-state index >= 15 is 0 Å². The summed E-state index contributed by atoms with van der Waals surface area (Å²) < 4.78 is 33.4. The van der Waals surface area contributed by atoms with E-state index in [4.69, 9.17) is 18.5 Å². The summed E-state index contributed by atoms with van der Waals surface area (Å²) in [6.45, 7) is 1.73. The smallest absolute Gasteiger partial charge is 0.306 e. The number of nitrogens with zero attached hydrogens (tertiary/aromatic N) is 1. The minimum absolute atomic E-state index is 0.0533. The Bertz CT molecular complexity index is 928. The molecule has 0 N–H and O–H groups in total. The molecule has 266 valence electrons. The highest BCUT2D eigenvalue weighted by molar-refractivity contribution is 7.45. The molecule has 0 aliphatic carbocycles. The number of rotatable bonds is 31. The summed E-state index contributed by atoms with van der Waals surface area (Å²) in [6.07, 6.45) is 26.9. The third kappa shape index (κ3) is 31.9. The number of hydrogen-bond acceptors (Lipinski definition) is 9. The molecule has 0 heterocycles. The van der Waals surface area contributed by atoms with Crippen molar-refractivity contribution in [1.82, 2.24) is 0 Å². The number of likely N-dealkylation sites (N-methyl/N-ethyl adjacent to an activating group) is 1. The van der Waals surface area contributed by atoms with Crippen molar-refractivity contribution in [2.45, 2.75) is 122 Å². The molecule has 0 amide bonds. The van der Waals surface area contributed by atoms with Crippen LogP contribution < -0.4 is 4.89 Å². The van der Waals surface area contributed by atoms with E-state index in [9.17, 15) is 23.8 Å². The molecule has 0 rings (SSSR count). The van der Waals surface area contributed by atoms with Gasteiger partial charge in [0.1, 0.15) is 26.0 Å². The van der Waals surface area contributed by atoms with Gasteiger partial charge in [0.2, 0.25) is 0 Å². The maximum absolute atomic E-state index is 12.4. The molecule has 0 aromatic heterocycles. The Morgan fingerprint density at radius 1 is 0.717 bits per heavy atom. The lowest BCUT2D eigenvalue weighted by Crippen LogP contribution is -2.37. The maximum Gasteiger partial charge on any atom is 0.306 e. The highest BCUT2D eigenvalue weighted by atomic mass is 31.2. The predicted octanol–water partition coefficient (Wildman–Crippen LogP) is 7.17. The van der Waals surface area contributed by atoms with Crippen molar-refractivity contribution in [3.05, 3.63) is 36.5 Å². The van der Waals surface area contributed by atoms with Gasteiger partial charge in [0.15, 0.2) is 6.10 Å². The van der Waals surface area contributed by atoms with Crippen molar-refractivity contribution in [2.75, 3.05) is 47.5 Å². The highest BCUT2D eigenvalue weighted by Gasteiger charge is 2.21. The van der Waals surface area contributed by atoms with Gasteiger partial charge in [0.05, 0.1) is 27.7 Å². The molecule has 0 aromatic carbocycles. The van der Waals surface area contributed by atoms with Crippen LogP contribution in [0, 0.1) is 0 Å². The SMILES string of the molecule is CC/C=C\C/C=C\C/C=C\CCCCCCCC(=O)OC[C@H](COP(=O)([O-])OCC[N+](C)(C)C)OC(=O)CCCCCCCC=O. The van der Waals surface area contributed by atoms with Crippen LogP contribution in [0.1, 0.15) is 116 Å². The zero-order chi connectivity index (χ0) is 34.4. The Hall–Kier alpha value is -2.10. The second-order valence-electron chi connectivity index (χ2n) is 12.5. The van der Waals surface area contributed by atoms with E-state index in [0.717, 1.165) is 83.3 Å². The van der Waals surface area contributed by atoms with Crippen molar-refractivity contribution in [3.8, 4) is 0 Å². The van der Waals surface area contributed by atoms with Gasteiger partial charge in [0.25, 0.3) is 7.82 Å². The molecule has 0 spiro atoms. The van der Waals surface area contributed by atoms with Crippen LogP contribution in [0.15, 0.2) is 36.5 Å². The van der Waals surface area contributed by atoms with Crippen LogP contribution in [0.2, 0.25) is 0 Å². The minimum atomic E-state index is -4.64. The number of ether oxygens (including phenoxy) is 2. The largest absolute Gasteiger partial charge is 0.756 e. The van der Waals surface area contributed by atoms with Gasteiger partial charge < -0.3 is 32.7 Å². The zero-order valence-corrected chi connectivity index (χ0v) is 29.9. The molecule has 0 aliphatic heterocycles. The molecule has 0 radical (unpaired) electrons. The molecular formula is C35H62NO9P. The first-order valence-electron chi connectivity index (χ1n) is 17.1. The van der Waals surface area contributed by atoms with Gasteiger partial charge in [-0.25, -0.2) is 0 Å². The first kappa shape index (κ1) is 43.9. The lowest BCUT2D eigenvalue weighted by Gasteiger charge is -2.28. The fourth-order valence-electron chi connectivity index (χ4n) is 4.17. The Labute approximate surface area is 278 Å². The summed E-state index contributed by atoms with van der Waals surface area (Å²) >= 11 is 0. The summed E-state index contributed by atoms with van der Waals surface area (Å²) in [7, 11) is 1.08. The fraction of sp³-hybridized carbons (Fsp3) is 0.743. The number of allylic oxidation sites excluding steroid dienone is 6. The number of quaternary nitrogens is 1. The van der Waals surface area contributed by atoms with Crippen molar-refractivity contribution in [2.24, 2.45) is 0 Å². The summed E-state index contributed by atoms with van der Waals surface area (Å²) in [5.74, 6) is -0.947. The molecule has 0 fully saturated rings. The number of esters is 2. The number of aldehydes is 1. The Morgan fingerprint density at radius 2 is 1.26 bits per heavy atom. The Morgan fingerprint density at radius 3 is 1.87 bits per heavy atom. The quantitative estimate of drug-likeness (QED) is 0.0188. The number of phosphoric acid groups is 1. The van der Waals surface area contributed by atoms with Crippen molar-refractivity contribution >= 4 is 26.0 Å². The van der Waals surface area contributed by atoms with E-state index in [1.807, 2.05) is 21.1 Å². The molecule has 2 atom stereocenters. The lowest BCUT2D eigenvalue weighted by atomic mass is 10.1. The second kappa shape index (κ2) is 29.1.